The van der Waals surface area contributed by atoms with E-state index in [-0.39, 0.29) is 68.8 Å². The summed E-state index contributed by atoms with van der Waals surface area (Å²) in [5.41, 5.74) is -6.58. The van der Waals surface area contributed by atoms with E-state index in [2.05, 4.69) is 29.9 Å². The lowest BCUT2D eigenvalue weighted by atomic mass is 9.95. The van der Waals surface area contributed by atoms with Crippen LogP contribution < -0.4 is 0 Å². The summed E-state index contributed by atoms with van der Waals surface area (Å²) in [7, 11) is 0. The van der Waals surface area contributed by atoms with Gasteiger partial charge in [-0.05, 0) is 105 Å². The van der Waals surface area contributed by atoms with E-state index in [1.165, 1.54) is 41.0 Å². The largest absolute Gasteiger partial charge is 0.417 e. The van der Waals surface area contributed by atoms with Gasteiger partial charge in [0.25, 0.3) is 0 Å². The van der Waals surface area contributed by atoms with Crippen LogP contribution in [-0.2, 0) is 24.7 Å². The molecule has 19 heteroatoms. The Morgan fingerprint density at radius 3 is 1.16 bits per heavy atom. The third-order valence-electron chi connectivity index (χ3n) is 10.1. The second-order valence-corrected chi connectivity index (χ2v) is 14.5. The van der Waals surface area contributed by atoms with Crippen molar-refractivity contribution in [3.8, 4) is 50.7 Å². The second-order valence-electron chi connectivity index (χ2n) is 14.5. The molecule has 0 N–H and O–H groups in total. The highest BCUT2D eigenvalue weighted by Gasteiger charge is 2.40. The number of hydrogen-bond donors (Lipinski definition) is 0. The zero-order valence-corrected chi connectivity index (χ0v) is 32.8. The monoisotopic (exact) mass is 881 g/mol. The number of nitrogens with zero attached hydrogens (tertiary/aromatic N) is 7. The molecule has 322 valence electrons. The SMILES string of the molecule is Cc1nc(C)nc(-c2ccc(-n3c4cc(-c5ccc(C(F)(F)F)cc5C(F)(F)F)ccc4c4ccc(-c5ccc(C(F)(F)F)cc5C(F)(F)F)cc43)c(-c3nc(C)nc(C)n3)c2)n1. The van der Waals surface area contributed by atoms with Crippen molar-refractivity contribution >= 4 is 21.8 Å². The highest BCUT2D eigenvalue weighted by Crippen LogP contribution is 2.46. The molecule has 8 rings (SSSR count). The fraction of sp³-hybridized carbons (Fsp3) is 0.182. The smallest absolute Gasteiger partial charge is 0.308 e. The molecule has 0 spiro atoms. The van der Waals surface area contributed by atoms with Crippen LogP contribution in [-0.4, -0.2) is 34.5 Å². The minimum absolute atomic E-state index is 0.0104. The van der Waals surface area contributed by atoms with Gasteiger partial charge in [-0.25, -0.2) is 29.9 Å². The van der Waals surface area contributed by atoms with Gasteiger partial charge in [-0.1, -0.05) is 36.4 Å². The van der Waals surface area contributed by atoms with Crippen molar-refractivity contribution in [2.45, 2.75) is 52.4 Å². The van der Waals surface area contributed by atoms with Gasteiger partial charge >= 0.3 is 24.7 Å². The highest BCUT2D eigenvalue weighted by atomic mass is 19.4. The van der Waals surface area contributed by atoms with Crippen molar-refractivity contribution in [3.63, 3.8) is 0 Å². The van der Waals surface area contributed by atoms with Crippen LogP contribution >= 0.6 is 0 Å². The van der Waals surface area contributed by atoms with Crippen molar-refractivity contribution in [1.82, 2.24) is 34.5 Å². The van der Waals surface area contributed by atoms with E-state index in [1.807, 2.05) is 0 Å². The lowest BCUT2D eigenvalue weighted by molar-refractivity contribution is -0.144. The van der Waals surface area contributed by atoms with Gasteiger partial charge in [-0.15, -0.1) is 0 Å². The van der Waals surface area contributed by atoms with Crippen molar-refractivity contribution in [2.24, 2.45) is 0 Å². The number of aryl methyl sites for hydroxylation is 4. The van der Waals surface area contributed by atoms with Crippen molar-refractivity contribution < 1.29 is 52.7 Å². The molecule has 0 saturated heterocycles. The third-order valence-corrected chi connectivity index (χ3v) is 10.1. The molecule has 0 amide bonds. The average molecular weight is 882 g/mol. The molecule has 0 radical (unpaired) electrons. The van der Waals surface area contributed by atoms with Gasteiger partial charge in [0.1, 0.15) is 23.3 Å². The molecule has 7 nitrogen and oxygen atoms in total. The summed E-state index contributed by atoms with van der Waals surface area (Å²) in [5, 5.41) is 0.678. The normalized spacial score (nSPS) is 12.8. The van der Waals surface area contributed by atoms with Gasteiger partial charge in [0.05, 0.1) is 39.0 Å². The fourth-order valence-corrected chi connectivity index (χ4v) is 7.56. The van der Waals surface area contributed by atoms with Gasteiger partial charge in [0, 0.05) is 21.9 Å². The number of hydrogen-bond acceptors (Lipinski definition) is 6. The molecule has 63 heavy (non-hydrogen) atoms. The topological polar surface area (TPSA) is 82.3 Å². The molecule has 5 aromatic carbocycles. The predicted octanol–water partition coefficient (Wildman–Crippen LogP) is 13.1. The minimum atomic E-state index is -5.24. The van der Waals surface area contributed by atoms with Crippen LogP contribution in [0.25, 0.3) is 72.5 Å². The Hall–Kier alpha value is -6.92. The zero-order chi connectivity index (χ0) is 45.6. The number of aromatic nitrogens is 7. The summed E-state index contributed by atoms with van der Waals surface area (Å²) in [5.74, 6) is 1.69. The molecular weight excluding hydrogens is 855 g/mol. The fourth-order valence-electron chi connectivity index (χ4n) is 7.56. The molecule has 0 atom stereocenters. The van der Waals surface area contributed by atoms with Crippen LogP contribution in [0.5, 0.6) is 0 Å². The lowest BCUT2D eigenvalue weighted by Gasteiger charge is -2.18. The Morgan fingerprint density at radius 2 is 0.762 bits per heavy atom. The van der Waals surface area contributed by atoms with E-state index in [0.717, 1.165) is 0 Å². The van der Waals surface area contributed by atoms with Crippen LogP contribution in [0.15, 0.2) is 91.0 Å². The average Bonchev–Trinajstić information content (AvgIpc) is 3.50. The van der Waals surface area contributed by atoms with Crippen LogP contribution in [0.1, 0.15) is 45.6 Å². The molecule has 0 fully saturated rings. The summed E-state index contributed by atoms with van der Waals surface area (Å²) < 4.78 is 171. The highest BCUT2D eigenvalue weighted by molar-refractivity contribution is 6.11. The molecule has 0 aliphatic rings. The number of benzene rings is 5. The van der Waals surface area contributed by atoms with Gasteiger partial charge in [-0.2, -0.15) is 52.7 Å². The molecule has 0 aliphatic carbocycles. The molecule has 3 heterocycles. The molecule has 0 unspecified atom stereocenters. The summed E-state index contributed by atoms with van der Waals surface area (Å²) >= 11 is 0. The summed E-state index contributed by atoms with van der Waals surface area (Å²) in [6, 6.07) is 15.2. The number of fused-ring (bicyclic) bond motifs is 3. The van der Waals surface area contributed by atoms with Crippen molar-refractivity contribution in [2.75, 3.05) is 0 Å². The first-order chi connectivity index (χ1) is 29.4. The number of rotatable bonds is 5. The van der Waals surface area contributed by atoms with Crippen LogP contribution in [0, 0.1) is 27.7 Å². The van der Waals surface area contributed by atoms with Crippen LogP contribution in [0.3, 0.4) is 0 Å². The predicted molar refractivity (Wildman–Crippen MR) is 208 cm³/mol. The van der Waals surface area contributed by atoms with Crippen LogP contribution in [0.4, 0.5) is 52.7 Å². The Morgan fingerprint density at radius 1 is 0.365 bits per heavy atom. The molecule has 3 aromatic heterocycles. The van der Waals surface area contributed by atoms with Gasteiger partial charge in [0.2, 0.25) is 0 Å². The maximum Gasteiger partial charge on any atom is 0.417 e. The van der Waals surface area contributed by atoms with Crippen molar-refractivity contribution in [1.29, 1.82) is 0 Å². The summed E-state index contributed by atoms with van der Waals surface area (Å²) in [6.45, 7) is 6.51. The lowest BCUT2D eigenvalue weighted by Crippen LogP contribution is -2.12. The number of halogens is 12. The van der Waals surface area contributed by atoms with E-state index in [1.54, 1.807) is 45.9 Å². The first-order valence-electron chi connectivity index (χ1n) is 18.6. The van der Waals surface area contributed by atoms with E-state index in [4.69, 9.17) is 0 Å². The Labute approximate surface area is 348 Å². The number of alkyl halides is 12. The van der Waals surface area contributed by atoms with E-state index >= 15 is 0 Å². The molecule has 8 aromatic rings. The third kappa shape index (κ3) is 8.14. The Bertz CT molecular complexity index is 2950. The van der Waals surface area contributed by atoms with E-state index in [9.17, 15) is 52.7 Å². The minimum Gasteiger partial charge on any atom is -0.308 e. The quantitative estimate of drug-likeness (QED) is 0.160. The summed E-state index contributed by atoms with van der Waals surface area (Å²) in [6.07, 6.45) is -20.7. The van der Waals surface area contributed by atoms with E-state index in [0.29, 0.717) is 52.3 Å². The van der Waals surface area contributed by atoms with Gasteiger partial charge < -0.3 is 4.57 Å². The molecular formula is C44H27F12N7. The maximum absolute atomic E-state index is 14.5. The zero-order valence-electron chi connectivity index (χ0n) is 32.8. The Balaban J connectivity index is 1.49. The standard InChI is InChI=1S/C44H27F12N7/c1-20-57-21(2)60-39(59-20)26-7-14-36(33(15-26)40-61-22(3)58-23(4)62-40)63-37-16-24(29-12-8-27(41(45,46)47)18-34(29)43(51,52)53)5-10-31(37)32-11-6-25(17-38(32)63)30-13-9-28(42(48,49)50)19-35(30)44(54,55)56/h5-19H,1-4H3. The molecule has 0 bridgehead atoms. The van der Waals surface area contributed by atoms with Gasteiger partial charge in [-0.3, -0.25) is 0 Å². The first-order valence-corrected chi connectivity index (χ1v) is 18.6. The van der Waals surface area contributed by atoms with Gasteiger partial charge in [0.15, 0.2) is 11.6 Å². The second kappa shape index (κ2) is 14.9. The molecule has 0 aliphatic heterocycles. The molecule has 0 saturated carbocycles. The summed E-state index contributed by atoms with van der Waals surface area (Å²) in [4.78, 5) is 26.5. The van der Waals surface area contributed by atoms with Crippen molar-refractivity contribution in [3.05, 3.63) is 137 Å². The first kappa shape index (κ1) is 42.8. The Kier molecular flexibility index (Phi) is 10.1. The van der Waals surface area contributed by atoms with E-state index < -0.39 is 58.1 Å². The maximum atomic E-state index is 14.5. The van der Waals surface area contributed by atoms with Crippen LogP contribution in [0.2, 0.25) is 0 Å².